The number of hydrogen-bond acceptors (Lipinski definition) is 3. The molecule has 104 valence electrons. The van der Waals surface area contributed by atoms with Gasteiger partial charge in [0.15, 0.2) is 11.6 Å². The molecule has 19 heavy (non-hydrogen) atoms. The van der Waals surface area contributed by atoms with Gasteiger partial charge in [-0.3, -0.25) is 4.79 Å². The summed E-state index contributed by atoms with van der Waals surface area (Å²) >= 11 is 0. The highest BCUT2D eigenvalue weighted by Gasteiger charge is 2.35. The molecule has 0 spiro atoms. The Hall–Kier alpha value is -1.69. The maximum atomic E-state index is 13.3. The maximum Gasteiger partial charge on any atom is 0.256 e. The summed E-state index contributed by atoms with van der Waals surface area (Å²) in [5.74, 6) is -2.55. The van der Waals surface area contributed by atoms with E-state index in [1.54, 1.807) is 4.90 Å². The third-order valence-electron chi connectivity index (χ3n) is 3.21. The van der Waals surface area contributed by atoms with Crippen LogP contribution in [0.2, 0.25) is 0 Å². The molecule has 1 aromatic rings. The lowest BCUT2D eigenvalue weighted by atomic mass is 10.0. The molecule has 1 aliphatic rings. The van der Waals surface area contributed by atoms with E-state index < -0.39 is 23.1 Å². The number of anilines is 1. The van der Waals surface area contributed by atoms with Crippen molar-refractivity contribution in [2.75, 3.05) is 25.5 Å². The Bertz CT molecular complexity index is 518. The number of nitrogens with two attached hydrogens (primary N) is 1. The van der Waals surface area contributed by atoms with Gasteiger partial charge in [-0.05, 0) is 19.9 Å². The Morgan fingerprint density at radius 2 is 2.00 bits per heavy atom. The van der Waals surface area contributed by atoms with E-state index in [0.29, 0.717) is 19.8 Å². The van der Waals surface area contributed by atoms with Crippen molar-refractivity contribution in [1.29, 1.82) is 0 Å². The topological polar surface area (TPSA) is 55.6 Å². The molecule has 0 radical (unpaired) electrons. The van der Waals surface area contributed by atoms with E-state index in [4.69, 9.17) is 10.5 Å². The summed E-state index contributed by atoms with van der Waals surface area (Å²) in [5.41, 5.74) is 5.01. The highest BCUT2D eigenvalue weighted by atomic mass is 19.2. The molecule has 1 heterocycles. The SMILES string of the molecule is CC1(C)COCCN1C(=O)c1cc(F)c(F)cc1N. The third-order valence-corrected chi connectivity index (χ3v) is 3.21. The van der Waals surface area contributed by atoms with E-state index in [-0.39, 0.29) is 11.3 Å². The van der Waals surface area contributed by atoms with Crippen molar-refractivity contribution in [2.24, 2.45) is 0 Å². The monoisotopic (exact) mass is 270 g/mol. The average Bonchev–Trinajstić information content (AvgIpc) is 2.32. The molecule has 4 nitrogen and oxygen atoms in total. The average molecular weight is 270 g/mol. The van der Waals surface area contributed by atoms with Gasteiger partial charge in [0.1, 0.15) is 0 Å². The van der Waals surface area contributed by atoms with Crippen LogP contribution in [0.4, 0.5) is 14.5 Å². The second kappa shape index (κ2) is 4.77. The molecule has 0 atom stereocenters. The minimum atomic E-state index is -1.08. The summed E-state index contributed by atoms with van der Waals surface area (Å²) in [6.07, 6.45) is 0. The standard InChI is InChI=1S/C13H16F2N2O2/c1-13(2)7-19-4-3-17(13)12(18)8-5-9(14)10(15)6-11(8)16/h5-6H,3-4,7,16H2,1-2H3. The van der Waals surface area contributed by atoms with Gasteiger partial charge in [-0.25, -0.2) is 8.78 Å². The summed E-state index contributed by atoms with van der Waals surface area (Å²) in [6.45, 7) is 4.89. The van der Waals surface area contributed by atoms with Crippen molar-refractivity contribution in [3.8, 4) is 0 Å². The second-order valence-electron chi connectivity index (χ2n) is 5.18. The Kier molecular flexibility index (Phi) is 3.45. The first kappa shape index (κ1) is 13.7. The zero-order valence-corrected chi connectivity index (χ0v) is 10.9. The van der Waals surface area contributed by atoms with Gasteiger partial charge in [0.05, 0.1) is 24.3 Å². The smallest absolute Gasteiger partial charge is 0.256 e. The zero-order chi connectivity index (χ0) is 14.2. The molecule has 2 N–H and O–H groups in total. The summed E-state index contributed by atoms with van der Waals surface area (Å²) in [6, 6.07) is 1.68. The van der Waals surface area contributed by atoms with Gasteiger partial charge in [0, 0.05) is 18.3 Å². The number of benzene rings is 1. The van der Waals surface area contributed by atoms with E-state index in [9.17, 15) is 13.6 Å². The van der Waals surface area contributed by atoms with E-state index in [1.165, 1.54) is 0 Å². The van der Waals surface area contributed by atoms with Crippen LogP contribution in [0.15, 0.2) is 12.1 Å². The molecule has 0 aromatic heterocycles. The maximum absolute atomic E-state index is 13.3. The van der Waals surface area contributed by atoms with Gasteiger partial charge in [-0.15, -0.1) is 0 Å². The molecule has 0 bridgehead atoms. The number of hydrogen-bond donors (Lipinski definition) is 1. The highest BCUT2D eigenvalue weighted by molar-refractivity contribution is 5.99. The predicted octanol–water partition coefficient (Wildman–Crippen LogP) is 1.80. The zero-order valence-electron chi connectivity index (χ0n) is 10.9. The van der Waals surface area contributed by atoms with Crippen molar-refractivity contribution in [3.05, 3.63) is 29.3 Å². The first-order valence-electron chi connectivity index (χ1n) is 5.97. The largest absolute Gasteiger partial charge is 0.398 e. The van der Waals surface area contributed by atoms with Crippen LogP contribution in [0.1, 0.15) is 24.2 Å². The summed E-state index contributed by atoms with van der Waals surface area (Å²) < 4.78 is 31.6. The Balaban J connectivity index is 2.36. The minimum absolute atomic E-state index is 0.0196. The van der Waals surface area contributed by atoms with Gasteiger partial charge in [-0.1, -0.05) is 0 Å². The van der Waals surface area contributed by atoms with E-state index >= 15 is 0 Å². The number of carbonyl (C=O) groups is 1. The number of nitrogen functional groups attached to an aromatic ring is 1. The number of halogens is 2. The summed E-state index contributed by atoms with van der Waals surface area (Å²) in [5, 5.41) is 0. The van der Waals surface area contributed by atoms with Gasteiger partial charge < -0.3 is 15.4 Å². The van der Waals surface area contributed by atoms with Gasteiger partial charge in [-0.2, -0.15) is 0 Å². The number of nitrogens with zero attached hydrogens (tertiary/aromatic N) is 1. The van der Waals surface area contributed by atoms with Crippen molar-refractivity contribution in [2.45, 2.75) is 19.4 Å². The van der Waals surface area contributed by atoms with E-state index in [0.717, 1.165) is 12.1 Å². The van der Waals surface area contributed by atoms with Crippen molar-refractivity contribution >= 4 is 11.6 Å². The van der Waals surface area contributed by atoms with Crippen molar-refractivity contribution < 1.29 is 18.3 Å². The lowest BCUT2D eigenvalue weighted by molar-refractivity contribution is -0.0370. The second-order valence-corrected chi connectivity index (χ2v) is 5.18. The van der Waals surface area contributed by atoms with Crippen molar-refractivity contribution in [1.82, 2.24) is 4.90 Å². The third kappa shape index (κ3) is 2.53. The van der Waals surface area contributed by atoms with Crippen LogP contribution in [-0.2, 0) is 4.74 Å². The quantitative estimate of drug-likeness (QED) is 0.792. The van der Waals surface area contributed by atoms with Crippen LogP contribution in [0.5, 0.6) is 0 Å². The molecule has 1 fully saturated rings. The fourth-order valence-corrected chi connectivity index (χ4v) is 2.13. The highest BCUT2D eigenvalue weighted by Crippen LogP contribution is 2.25. The number of carbonyl (C=O) groups excluding carboxylic acids is 1. The van der Waals surface area contributed by atoms with Crippen LogP contribution in [0, 0.1) is 11.6 Å². The molecular formula is C13H16F2N2O2. The van der Waals surface area contributed by atoms with E-state index in [2.05, 4.69) is 0 Å². The predicted molar refractivity (Wildman–Crippen MR) is 66.7 cm³/mol. The molecule has 1 aliphatic heterocycles. The van der Waals surface area contributed by atoms with Gasteiger partial charge in [0.25, 0.3) is 5.91 Å². The van der Waals surface area contributed by atoms with Crippen LogP contribution in [0.3, 0.4) is 0 Å². The Morgan fingerprint density at radius 3 is 2.63 bits per heavy atom. The Labute approximate surface area is 110 Å². The first-order chi connectivity index (χ1) is 8.83. The van der Waals surface area contributed by atoms with Crippen molar-refractivity contribution in [3.63, 3.8) is 0 Å². The minimum Gasteiger partial charge on any atom is -0.398 e. The molecule has 0 unspecified atom stereocenters. The molecule has 0 aliphatic carbocycles. The number of rotatable bonds is 1. The summed E-state index contributed by atoms with van der Waals surface area (Å²) in [7, 11) is 0. The van der Waals surface area contributed by atoms with Gasteiger partial charge in [0.2, 0.25) is 0 Å². The fraction of sp³-hybridized carbons (Fsp3) is 0.462. The van der Waals surface area contributed by atoms with E-state index in [1.807, 2.05) is 13.8 Å². The Morgan fingerprint density at radius 1 is 1.37 bits per heavy atom. The fourth-order valence-electron chi connectivity index (χ4n) is 2.13. The van der Waals surface area contributed by atoms with Crippen LogP contribution < -0.4 is 5.73 Å². The number of morpholine rings is 1. The molecule has 1 aromatic carbocycles. The first-order valence-corrected chi connectivity index (χ1v) is 5.97. The molecule has 1 amide bonds. The van der Waals surface area contributed by atoms with Crippen LogP contribution in [0.25, 0.3) is 0 Å². The molecule has 1 saturated heterocycles. The molecular weight excluding hydrogens is 254 g/mol. The number of ether oxygens (including phenoxy) is 1. The molecule has 2 rings (SSSR count). The van der Waals surface area contributed by atoms with Crippen LogP contribution >= 0.6 is 0 Å². The normalized spacial score (nSPS) is 18.4. The van der Waals surface area contributed by atoms with Crippen LogP contribution in [-0.4, -0.2) is 36.1 Å². The number of amides is 1. The van der Waals surface area contributed by atoms with Gasteiger partial charge >= 0.3 is 0 Å². The lowest BCUT2D eigenvalue weighted by Gasteiger charge is -2.42. The molecule has 6 heteroatoms. The molecule has 0 saturated carbocycles. The lowest BCUT2D eigenvalue weighted by Crippen LogP contribution is -2.55. The summed E-state index contributed by atoms with van der Waals surface area (Å²) in [4.78, 5) is 14.0.